The van der Waals surface area contributed by atoms with Crippen LogP contribution < -0.4 is 10.6 Å². The lowest BCUT2D eigenvalue weighted by molar-refractivity contribution is -0.126. The summed E-state index contributed by atoms with van der Waals surface area (Å²) in [6.45, 7) is 3.03. The van der Waals surface area contributed by atoms with Crippen LogP contribution in [0.2, 0.25) is 0 Å². The van der Waals surface area contributed by atoms with Crippen LogP contribution in [-0.4, -0.2) is 18.5 Å². The maximum absolute atomic E-state index is 13.2. The minimum Gasteiger partial charge on any atom is -0.349 e. The van der Waals surface area contributed by atoms with E-state index < -0.39 is 0 Å². The van der Waals surface area contributed by atoms with Crippen molar-refractivity contribution in [2.45, 2.75) is 44.7 Å². The van der Waals surface area contributed by atoms with Gasteiger partial charge in [0.25, 0.3) is 0 Å². The smallest absolute Gasteiger partial charge is 0.223 e. The number of carbonyl (C=O) groups is 1. The van der Waals surface area contributed by atoms with Crippen LogP contribution >= 0.6 is 0 Å². The van der Waals surface area contributed by atoms with Gasteiger partial charge in [-0.05, 0) is 62.4 Å². The number of rotatable bonds is 2. The maximum atomic E-state index is 13.2. The number of piperidine rings is 1. The number of aryl methyl sites for hydroxylation is 1. The van der Waals surface area contributed by atoms with E-state index in [4.69, 9.17) is 0 Å². The molecule has 0 aromatic heterocycles. The van der Waals surface area contributed by atoms with Crippen molar-refractivity contribution in [1.29, 1.82) is 0 Å². The van der Waals surface area contributed by atoms with Gasteiger partial charge in [-0.25, -0.2) is 4.39 Å². The van der Waals surface area contributed by atoms with Crippen molar-refractivity contribution < 1.29 is 9.18 Å². The zero-order valence-electron chi connectivity index (χ0n) is 11.8. The Kier molecular flexibility index (Phi) is 3.74. The van der Waals surface area contributed by atoms with Gasteiger partial charge < -0.3 is 10.6 Å². The average Bonchev–Trinajstić information content (AvgIpc) is 2.81. The fraction of sp³-hybridized carbons (Fsp3) is 0.562. The molecule has 1 fully saturated rings. The Morgan fingerprint density at radius 1 is 1.40 bits per heavy atom. The van der Waals surface area contributed by atoms with E-state index in [1.54, 1.807) is 6.07 Å². The van der Waals surface area contributed by atoms with Gasteiger partial charge in [0.15, 0.2) is 0 Å². The first-order valence-electron chi connectivity index (χ1n) is 7.45. The van der Waals surface area contributed by atoms with Crippen LogP contribution in [0.4, 0.5) is 4.39 Å². The zero-order valence-corrected chi connectivity index (χ0v) is 11.8. The fourth-order valence-corrected chi connectivity index (χ4v) is 3.40. The average molecular weight is 276 g/mol. The highest BCUT2D eigenvalue weighted by Crippen LogP contribution is 2.32. The molecule has 3 rings (SSSR count). The molecule has 1 aliphatic heterocycles. The molecule has 1 aromatic rings. The molecular formula is C16H21FN2O. The Morgan fingerprint density at radius 3 is 3.05 bits per heavy atom. The second kappa shape index (κ2) is 5.52. The van der Waals surface area contributed by atoms with Gasteiger partial charge in [0.2, 0.25) is 5.91 Å². The number of nitrogens with one attached hydrogen (secondary N) is 2. The summed E-state index contributed by atoms with van der Waals surface area (Å²) in [5.41, 5.74) is 2.12. The number of fused-ring (bicyclic) bond motifs is 1. The molecule has 1 amide bonds. The topological polar surface area (TPSA) is 41.1 Å². The molecule has 108 valence electrons. The van der Waals surface area contributed by atoms with Crippen LogP contribution in [0, 0.1) is 11.7 Å². The number of benzene rings is 1. The summed E-state index contributed by atoms with van der Waals surface area (Å²) in [6.07, 6.45) is 3.53. The summed E-state index contributed by atoms with van der Waals surface area (Å²) in [6, 6.07) is 5.35. The lowest BCUT2D eigenvalue weighted by atomic mass is 9.92. The molecule has 2 aliphatic rings. The van der Waals surface area contributed by atoms with Crippen LogP contribution in [-0.2, 0) is 11.2 Å². The number of hydrogen-bond donors (Lipinski definition) is 2. The number of carbonyl (C=O) groups excluding carboxylic acids is 1. The number of amides is 1. The summed E-state index contributed by atoms with van der Waals surface area (Å²) in [4.78, 5) is 12.4. The van der Waals surface area contributed by atoms with Gasteiger partial charge in [-0.15, -0.1) is 0 Å². The zero-order chi connectivity index (χ0) is 14.1. The van der Waals surface area contributed by atoms with Crippen LogP contribution in [0.15, 0.2) is 18.2 Å². The Labute approximate surface area is 118 Å². The fourth-order valence-electron chi connectivity index (χ4n) is 3.40. The minimum atomic E-state index is -0.192. The molecule has 20 heavy (non-hydrogen) atoms. The second-order valence-corrected chi connectivity index (χ2v) is 6.02. The highest BCUT2D eigenvalue weighted by molar-refractivity contribution is 5.79. The van der Waals surface area contributed by atoms with Gasteiger partial charge in [-0.2, -0.15) is 0 Å². The predicted molar refractivity (Wildman–Crippen MR) is 75.8 cm³/mol. The Bertz CT molecular complexity index is 517. The molecular weight excluding hydrogens is 255 g/mol. The van der Waals surface area contributed by atoms with Crippen LogP contribution in [0.3, 0.4) is 0 Å². The summed E-state index contributed by atoms with van der Waals surface area (Å²) in [5.74, 6) is 0.0687. The normalized spacial score (nSPS) is 29.0. The molecule has 0 spiro atoms. The van der Waals surface area contributed by atoms with E-state index in [0.29, 0.717) is 6.04 Å². The summed E-state index contributed by atoms with van der Waals surface area (Å²) >= 11 is 0. The monoisotopic (exact) mass is 276 g/mol. The van der Waals surface area contributed by atoms with E-state index in [1.165, 1.54) is 6.07 Å². The summed E-state index contributed by atoms with van der Waals surface area (Å²) in [7, 11) is 0. The van der Waals surface area contributed by atoms with E-state index in [2.05, 4.69) is 17.6 Å². The van der Waals surface area contributed by atoms with Gasteiger partial charge in [0.1, 0.15) is 5.82 Å². The predicted octanol–water partition coefficient (Wildman–Crippen LogP) is 2.32. The lowest BCUT2D eigenvalue weighted by Crippen LogP contribution is -2.43. The van der Waals surface area contributed by atoms with Crippen LogP contribution in [0.5, 0.6) is 0 Å². The Hall–Kier alpha value is -1.42. The number of halogens is 1. The molecule has 1 aliphatic carbocycles. The minimum absolute atomic E-state index is 0.0586. The molecule has 0 saturated carbocycles. The third-order valence-corrected chi connectivity index (χ3v) is 4.49. The molecule has 4 heteroatoms. The second-order valence-electron chi connectivity index (χ2n) is 6.02. The maximum Gasteiger partial charge on any atom is 0.223 e. The Morgan fingerprint density at radius 2 is 2.25 bits per heavy atom. The van der Waals surface area contributed by atoms with Crippen molar-refractivity contribution in [3.63, 3.8) is 0 Å². The highest BCUT2D eigenvalue weighted by Gasteiger charge is 2.29. The van der Waals surface area contributed by atoms with E-state index in [9.17, 15) is 9.18 Å². The third-order valence-electron chi connectivity index (χ3n) is 4.49. The van der Waals surface area contributed by atoms with Crippen molar-refractivity contribution in [1.82, 2.24) is 10.6 Å². The van der Waals surface area contributed by atoms with Gasteiger partial charge >= 0.3 is 0 Å². The first kappa shape index (κ1) is 13.6. The molecule has 0 bridgehead atoms. The van der Waals surface area contributed by atoms with Crippen LogP contribution in [0.25, 0.3) is 0 Å². The van der Waals surface area contributed by atoms with Crippen molar-refractivity contribution >= 4 is 5.91 Å². The standard InChI is InChI=1S/C16H21FN2O/c1-10-8-12(6-7-18-10)16(20)19-15-5-2-11-9-13(17)3-4-14(11)15/h3-4,9-10,12,15,18H,2,5-8H2,1H3,(H,19,20)/t10-,12-,15?/m0/s1. The van der Waals surface area contributed by atoms with Gasteiger partial charge in [-0.1, -0.05) is 6.07 Å². The first-order chi connectivity index (χ1) is 9.63. The van der Waals surface area contributed by atoms with Crippen LogP contribution in [0.1, 0.15) is 43.4 Å². The molecule has 2 N–H and O–H groups in total. The van der Waals surface area contributed by atoms with Gasteiger partial charge in [0.05, 0.1) is 6.04 Å². The largest absolute Gasteiger partial charge is 0.349 e. The molecule has 1 unspecified atom stereocenters. The van der Waals surface area contributed by atoms with E-state index >= 15 is 0 Å². The first-order valence-corrected chi connectivity index (χ1v) is 7.45. The van der Waals surface area contributed by atoms with E-state index in [-0.39, 0.29) is 23.7 Å². The highest BCUT2D eigenvalue weighted by atomic mass is 19.1. The molecule has 1 saturated heterocycles. The molecule has 3 atom stereocenters. The molecule has 3 nitrogen and oxygen atoms in total. The molecule has 1 heterocycles. The van der Waals surface area contributed by atoms with E-state index in [1.807, 2.05) is 6.07 Å². The van der Waals surface area contributed by atoms with Crippen molar-refractivity contribution in [3.8, 4) is 0 Å². The third kappa shape index (κ3) is 2.70. The lowest BCUT2D eigenvalue weighted by Gasteiger charge is -2.28. The van der Waals surface area contributed by atoms with Crippen molar-refractivity contribution in [2.24, 2.45) is 5.92 Å². The molecule has 1 aromatic carbocycles. The SMILES string of the molecule is C[C@H]1C[C@@H](C(=O)NC2CCc3cc(F)ccc32)CCN1. The van der Waals surface area contributed by atoms with E-state index in [0.717, 1.165) is 43.4 Å². The summed E-state index contributed by atoms with van der Waals surface area (Å²) < 4.78 is 13.2. The summed E-state index contributed by atoms with van der Waals surface area (Å²) in [5, 5.41) is 6.52. The quantitative estimate of drug-likeness (QED) is 0.870. The van der Waals surface area contributed by atoms with Gasteiger partial charge in [0, 0.05) is 12.0 Å². The van der Waals surface area contributed by atoms with Crippen molar-refractivity contribution in [3.05, 3.63) is 35.1 Å². The number of hydrogen-bond acceptors (Lipinski definition) is 2. The Balaban J connectivity index is 1.66. The van der Waals surface area contributed by atoms with Gasteiger partial charge in [-0.3, -0.25) is 4.79 Å². The molecule has 0 radical (unpaired) electrons. The van der Waals surface area contributed by atoms with Crippen molar-refractivity contribution in [2.75, 3.05) is 6.54 Å².